The van der Waals surface area contributed by atoms with Gasteiger partial charge in [0.1, 0.15) is 0 Å². The molecule has 0 N–H and O–H groups in total. The Morgan fingerprint density at radius 1 is 1.33 bits per heavy atom. The van der Waals surface area contributed by atoms with Gasteiger partial charge in [0.05, 0.1) is 17.1 Å². The molecule has 3 rings (SSSR count). The Kier molecular flexibility index (Phi) is 1.55. The van der Waals surface area contributed by atoms with Gasteiger partial charge in [-0.15, -0.1) is 0 Å². The maximum absolute atomic E-state index is 4.57. The molecular formula is C12H13N3. The highest BCUT2D eigenvalue weighted by Crippen LogP contribution is 2.35. The largest absolute Gasteiger partial charge is 0.351 e. The third-order valence-corrected chi connectivity index (χ3v) is 3.16. The number of aromatic nitrogens is 3. The lowest BCUT2D eigenvalue weighted by Gasteiger charge is -2.01. The lowest BCUT2D eigenvalue weighted by Crippen LogP contribution is -1.98. The van der Waals surface area contributed by atoms with E-state index >= 15 is 0 Å². The molecule has 0 unspecified atom stereocenters. The van der Waals surface area contributed by atoms with Crippen molar-refractivity contribution in [2.45, 2.75) is 20.3 Å². The topological polar surface area (TPSA) is 30.7 Å². The summed E-state index contributed by atoms with van der Waals surface area (Å²) in [5.74, 6) is 0. The molecule has 0 atom stereocenters. The molecule has 0 spiro atoms. The minimum absolute atomic E-state index is 0.919. The van der Waals surface area contributed by atoms with E-state index in [9.17, 15) is 0 Å². The Bertz CT molecular complexity index is 552. The van der Waals surface area contributed by atoms with Gasteiger partial charge in [-0.3, -0.25) is 4.98 Å². The number of hydrogen-bond donors (Lipinski definition) is 0. The van der Waals surface area contributed by atoms with Crippen LogP contribution >= 0.6 is 0 Å². The molecule has 76 valence electrons. The number of rotatable bonds is 0. The highest BCUT2D eigenvalue weighted by Gasteiger charge is 2.24. The fraction of sp³-hybridized carbons (Fsp3) is 0.333. The van der Waals surface area contributed by atoms with Gasteiger partial charge in [-0.05, 0) is 19.9 Å². The lowest BCUT2D eigenvalue weighted by molar-refractivity contribution is 0.820. The Morgan fingerprint density at radius 3 is 2.93 bits per heavy atom. The first-order valence-corrected chi connectivity index (χ1v) is 5.15. The molecule has 0 aromatic carbocycles. The van der Waals surface area contributed by atoms with E-state index in [1.807, 2.05) is 13.1 Å². The maximum Gasteiger partial charge on any atom is 0.0942 e. The molecule has 0 bridgehead atoms. The van der Waals surface area contributed by atoms with E-state index in [-0.39, 0.29) is 0 Å². The molecule has 2 heterocycles. The second-order valence-electron chi connectivity index (χ2n) is 4.19. The summed E-state index contributed by atoms with van der Waals surface area (Å²) >= 11 is 0. The van der Waals surface area contributed by atoms with Gasteiger partial charge < -0.3 is 4.57 Å². The van der Waals surface area contributed by atoms with Crippen molar-refractivity contribution in [1.82, 2.24) is 14.5 Å². The van der Waals surface area contributed by atoms with Crippen molar-refractivity contribution in [2.75, 3.05) is 0 Å². The normalized spacial score (nSPS) is 12.7. The molecule has 0 saturated carbocycles. The lowest BCUT2D eigenvalue weighted by atomic mass is 10.2. The van der Waals surface area contributed by atoms with Crippen molar-refractivity contribution in [3.05, 3.63) is 35.0 Å². The van der Waals surface area contributed by atoms with Gasteiger partial charge >= 0.3 is 0 Å². The summed E-state index contributed by atoms with van der Waals surface area (Å²) in [5, 5.41) is 0. The van der Waals surface area contributed by atoms with Crippen LogP contribution in [-0.4, -0.2) is 14.5 Å². The van der Waals surface area contributed by atoms with Crippen LogP contribution in [0.3, 0.4) is 0 Å². The van der Waals surface area contributed by atoms with Crippen LogP contribution in [0.4, 0.5) is 0 Å². The summed E-state index contributed by atoms with van der Waals surface area (Å²) in [4.78, 5) is 9.01. The average molecular weight is 199 g/mol. The second kappa shape index (κ2) is 2.69. The van der Waals surface area contributed by atoms with E-state index in [1.165, 1.54) is 17.0 Å². The molecule has 0 saturated heterocycles. The van der Waals surface area contributed by atoms with Gasteiger partial charge in [0.25, 0.3) is 0 Å². The van der Waals surface area contributed by atoms with Crippen LogP contribution < -0.4 is 0 Å². The van der Waals surface area contributed by atoms with Crippen LogP contribution in [0.5, 0.6) is 0 Å². The second-order valence-corrected chi connectivity index (χ2v) is 4.19. The predicted molar refractivity (Wildman–Crippen MR) is 58.7 cm³/mol. The average Bonchev–Trinajstić information content (AvgIpc) is 2.67. The fourth-order valence-corrected chi connectivity index (χ4v) is 2.21. The van der Waals surface area contributed by atoms with Crippen LogP contribution in [-0.2, 0) is 13.5 Å². The molecule has 0 amide bonds. The van der Waals surface area contributed by atoms with Crippen LogP contribution in [0.15, 0.2) is 12.3 Å². The van der Waals surface area contributed by atoms with E-state index in [1.54, 1.807) is 0 Å². The van der Waals surface area contributed by atoms with Gasteiger partial charge in [-0.2, -0.15) is 0 Å². The third kappa shape index (κ3) is 1.06. The number of fused-ring (bicyclic) bond motifs is 3. The molecule has 1 aliphatic rings. The zero-order valence-electron chi connectivity index (χ0n) is 9.20. The number of nitrogens with zero attached hydrogens (tertiary/aromatic N) is 3. The van der Waals surface area contributed by atoms with E-state index in [0.717, 1.165) is 23.5 Å². The molecule has 0 fully saturated rings. The van der Waals surface area contributed by atoms with Crippen molar-refractivity contribution < 1.29 is 0 Å². The SMILES string of the molecule is Cc1cnc2c(n1)-c1cc(C)n(C)c1C2. The van der Waals surface area contributed by atoms with Crippen LogP contribution in [0.25, 0.3) is 11.3 Å². The van der Waals surface area contributed by atoms with Crippen LogP contribution in [0, 0.1) is 13.8 Å². The van der Waals surface area contributed by atoms with Crippen molar-refractivity contribution in [2.24, 2.45) is 7.05 Å². The highest BCUT2D eigenvalue weighted by atomic mass is 15.0. The summed E-state index contributed by atoms with van der Waals surface area (Å²) in [7, 11) is 2.10. The van der Waals surface area contributed by atoms with Gasteiger partial charge in [0, 0.05) is 36.6 Å². The maximum atomic E-state index is 4.57. The first-order valence-electron chi connectivity index (χ1n) is 5.15. The number of aryl methyl sites for hydroxylation is 2. The van der Waals surface area contributed by atoms with E-state index in [4.69, 9.17) is 0 Å². The van der Waals surface area contributed by atoms with Crippen molar-refractivity contribution >= 4 is 0 Å². The molecule has 1 aliphatic carbocycles. The molecule has 2 aromatic heterocycles. The molecule has 15 heavy (non-hydrogen) atoms. The molecular weight excluding hydrogens is 186 g/mol. The first kappa shape index (κ1) is 8.65. The van der Waals surface area contributed by atoms with Crippen molar-refractivity contribution in [1.29, 1.82) is 0 Å². The minimum atomic E-state index is 0.919. The molecule has 3 heteroatoms. The van der Waals surface area contributed by atoms with Crippen molar-refractivity contribution in [3.63, 3.8) is 0 Å². The molecule has 2 aromatic rings. The van der Waals surface area contributed by atoms with E-state index in [2.05, 4.69) is 34.6 Å². The van der Waals surface area contributed by atoms with Gasteiger partial charge in [0.2, 0.25) is 0 Å². The summed E-state index contributed by atoms with van der Waals surface area (Å²) in [6.45, 7) is 4.11. The van der Waals surface area contributed by atoms with E-state index < -0.39 is 0 Å². The zero-order chi connectivity index (χ0) is 10.6. The number of hydrogen-bond acceptors (Lipinski definition) is 2. The van der Waals surface area contributed by atoms with E-state index in [0.29, 0.717) is 0 Å². The predicted octanol–water partition coefficient (Wildman–Crippen LogP) is 2.00. The summed E-state index contributed by atoms with van der Waals surface area (Å²) in [5.41, 5.74) is 7.07. The molecule has 0 radical (unpaired) electrons. The van der Waals surface area contributed by atoms with Crippen LogP contribution in [0.1, 0.15) is 22.8 Å². The highest BCUT2D eigenvalue weighted by molar-refractivity contribution is 5.71. The Labute approximate surface area is 88.8 Å². The smallest absolute Gasteiger partial charge is 0.0942 e. The first-order chi connectivity index (χ1) is 7.16. The Morgan fingerprint density at radius 2 is 2.13 bits per heavy atom. The summed E-state index contributed by atoms with van der Waals surface area (Å²) in [6, 6.07) is 2.20. The standard InChI is InChI=1S/C12H13N3/c1-7-6-13-10-5-11-9(12(10)14-7)4-8(2)15(11)3/h4,6H,5H2,1-3H3. The summed E-state index contributed by atoms with van der Waals surface area (Å²) in [6.07, 6.45) is 2.76. The minimum Gasteiger partial charge on any atom is -0.351 e. The Balaban J connectivity index is 2.29. The quantitative estimate of drug-likeness (QED) is 0.554. The van der Waals surface area contributed by atoms with Gasteiger partial charge in [-0.1, -0.05) is 0 Å². The molecule has 3 nitrogen and oxygen atoms in total. The van der Waals surface area contributed by atoms with Gasteiger partial charge in [-0.25, -0.2) is 4.98 Å². The fourth-order valence-electron chi connectivity index (χ4n) is 2.21. The summed E-state index contributed by atoms with van der Waals surface area (Å²) < 4.78 is 2.23. The van der Waals surface area contributed by atoms with Crippen molar-refractivity contribution in [3.8, 4) is 11.3 Å². The molecule has 0 aliphatic heterocycles. The van der Waals surface area contributed by atoms with Gasteiger partial charge in [0.15, 0.2) is 0 Å². The Hall–Kier alpha value is -1.64. The third-order valence-electron chi connectivity index (χ3n) is 3.16. The zero-order valence-corrected chi connectivity index (χ0v) is 9.20. The van der Waals surface area contributed by atoms with Crippen LogP contribution in [0.2, 0.25) is 0 Å². The monoisotopic (exact) mass is 199 g/mol.